The van der Waals surface area contributed by atoms with Crippen LogP contribution < -0.4 is 0 Å². The highest BCUT2D eigenvalue weighted by atomic mass is 19.4. The molecule has 0 atom stereocenters. The maximum atomic E-state index is 12.1. The molecule has 13 heavy (non-hydrogen) atoms. The zero-order valence-electron chi connectivity index (χ0n) is 7.98. The first-order valence-corrected chi connectivity index (χ1v) is 4.94. The van der Waals surface area contributed by atoms with E-state index in [1.165, 1.54) is 11.3 Å². The fourth-order valence-corrected chi connectivity index (χ4v) is 1.67. The van der Waals surface area contributed by atoms with Gasteiger partial charge in [-0.3, -0.25) is 0 Å². The van der Waals surface area contributed by atoms with Crippen LogP contribution in [0.5, 0.6) is 0 Å². The highest BCUT2D eigenvalue weighted by molar-refractivity contribution is 6.58. The Kier molecular flexibility index (Phi) is 3.65. The van der Waals surface area contributed by atoms with Gasteiger partial charge in [0, 0.05) is 0 Å². The molecule has 0 unspecified atom stereocenters. The fourth-order valence-electron chi connectivity index (χ4n) is 1.67. The quantitative estimate of drug-likeness (QED) is 0.607. The molecule has 0 saturated heterocycles. The van der Waals surface area contributed by atoms with Crippen molar-refractivity contribution in [2.24, 2.45) is 5.92 Å². The van der Waals surface area contributed by atoms with E-state index in [0.29, 0.717) is 19.0 Å². The Morgan fingerprint density at radius 2 is 1.92 bits per heavy atom. The Hall–Kier alpha value is -0.185. The summed E-state index contributed by atoms with van der Waals surface area (Å²) < 4.78 is 36.3. The minimum Gasteiger partial charge on any atom is -0.448 e. The Morgan fingerprint density at radius 3 is 2.23 bits per heavy atom. The van der Waals surface area contributed by atoms with E-state index in [9.17, 15) is 12.9 Å². The van der Waals surface area contributed by atoms with E-state index in [0.717, 1.165) is 12.8 Å². The van der Waals surface area contributed by atoms with Gasteiger partial charge in [0.05, 0.1) is 0 Å². The fraction of sp³-hybridized carbons (Fsp3) is 1.00. The van der Waals surface area contributed by atoms with Crippen LogP contribution in [0.4, 0.5) is 12.9 Å². The van der Waals surface area contributed by atoms with Crippen LogP contribution in [0, 0.1) is 5.92 Å². The van der Waals surface area contributed by atoms with Gasteiger partial charge in [0.25, 0.3) is 0 Å². The molecule has 1 fully saturated rings. The van der Waals surface area contributed by atoms with Gasteiger partial charge in [-0.2, -0.15) is 0 Å². The minimum atomic E-state index is -4.64. The maximum Gasteiger partial charge on any atom is 0.492 e. The molecule has 5 heteroatoms. The van der Waals surface area contributed by atoms with Crippen LogP contribution in [0.25, 0.3) is 0 Å². The van der Waals surface area contributed by atoms with Crippen molar-refractivity contribution in [3.8, 4) is 0 Å². The van der Waals surface area contributed by atoms with E-state index in [2.05, 4.69) is 0 Å². The molecule has 1 rings (SSSR count). The van der Waals surface area contributed by atoms with Gasteiger partial charge in [-0.25, -0.2) is 0 Å². The summed E-state index contributed by atoms with van der Waals surface area (Å²) in [5.74, 6) is 0.526. The normalized spacial score (nSPS) is 19.2. The summed E-state index contributed by atoms with van der Waals surface area (Å²) in [5, 5.41) is 0. The first-order chi connectivity index (χ1) is 6.01. The molecule has 0 aliphatic heterocycles. The van der Waals surface area contributed by atoms with E-state index in [1.807, 2.05) is 0 Å². The predicted molar refractivity (Wildman–Crippen MR) is 48.5 cm³/mol. The van der Waals surface area contributed by atoms with Crippen LogP contribution in [0.2, 0.25) is 0 Å². The number of hydrogen-bond acceptors (Lipinski definition) is 1. The summed E-state index contributed by atoms with van der Waals surface area (Å²) in [6.07, 6.45) is 2.73. The topological polar surface area (TPSA) is 3.24 Å². The molecule has 0 spiro atoms. The second-order valence-corrected chi connectivity index (χ2v) is 3.86. The van der Waals surface area contributed by atoms with Gasteiger partial charge in [0.1, 0.15) is 0 Å². The lowest BCUT2D eigenvalue weighted by molar-refractivity contribution is 0.190. The Balaban J connectivity index is 2.25. The van der Waals surface area contributed by atoms with Crippen molar-refractivity contribution in [1.29, 1.82) is 0 Å². The van der Waals surface area contributed by atoms with Crippen molar-refractivity contribution in [3.05, 3.63) is 0 Å². The summed E-state index contributed by atoms with van der Waals surface area (Å²) >= 11 is 0. The third kappa shape index (κ3) is 4.03. The average molecular weight is 194 g/mol. The van der Waals surface area contributed by atoms with Gasteiger partial charge >= 0.3 is 6.98 Å². The molecule has 0 heterocycles. The smallest absolute Gasteiger partial charge is 0.448 e. The predicted octanol–water partition coefficient (Wildman–Crippen LogP) is 2.50. The van der Waals surface area contributed by atoms with Gasteiger partial charge in [-0.05, 0) is 38.3 Å². The number of hydrogen-bond donors (Lipinski definition) is 0. The molecule has 0 aromatic carbocycles. The highest BCUT2D eigenvalue weighted by Gasteiger charge is 2.28. The molecule has 0 bridgehead atoms. The van der Waals surface area contributed by atoms with Crippen LogP contribution in [0.1, 0.15) is 26.2 Å². The molecule has 78 valence electrons. The first-order valence-electron chi connectivity index (χ1n) is 4.94. The van der Waals surface area contributed by atoms with Crippen LogP contribution >= 0.6 is 0 Å². The average Bonchev–Trinajstić information content (AvgIpc) is 1.91. The number of halogens is 3. The van der Waals surface area contributed by atoms with E-state index in [-0.39, 0.29) is 0 Å². The lowest BCUT2D eigenvalue weighted by Gasteiger charge is -2.34. The minimum absolute atomic E-state index is 0.512. The molecule has 0 radical (unpaired) electrons. The zero-order chi connectivity index (χ0) is 9.90. The van der Waals surface area contributed by atoms with Crippen LogP contribution in [0.3, 0.4) is 0 Å². The number of rotatable bonds is 5. The van der Waals surface area contributed by atoms with Crippen molar-refractivity contribution in [2.75, 3.05) is 19.5 Å². The molecular formula is C8H16BF3N-. The van der Waals surface area contributed by atoms with Crippen molar-refractivity contribution in [3.63, 3.8) is 0 Å². The second-order valence-electron chi connectivity index (χ2n) is 3.86. The van der Waals surface area contributed by atoms with Crippen LogP contribution in [-0.2, 0) is 0 Å². The lowest BCUT2D eigenvalue weighted by Crippen LogP contribution is -2.41. The molecule has 1 saturated carbocycles. The molecule has 0 aromatic heterocycles. The largest absolute Gasteiger partial charge is 0.492 e. The second kappa shape index (κ2) is 4.35. The number of nitrogens with zero attached hydrogens (tertiary/aromatic N) is 1. The zero-order valence-corrected chi connectivity index (χ0v) is 7.98. The molecule has 1 aliphatic rings. The van der Waals surface area contributed by atoms with E-state index in [1.54, 1.807) is 6.92 Å². The standard InChI is InChI=1S/C8H16BF3N/c1-2-13(7-9(10,11)12)6-8-4-3-5-8/h8H,2-7H2,1H3/q-1. The SMILES string of the molecule is CCN(CC1CCC1)C[B-](F)(F)F. The Morgan fingerprint density at radius 1 is 1.31 bits per heavy atom. The Bertz CT molecular complexity index is 156. The highest BCUT2D eigenvalue weighted by Crippen LogP contribution is 2.27. The molecule has 0 amide bonds. The summed E-state index contributed by atoms with van der Waals surface area (Å²) in [5.41, 5.74) is 0. The summed E-state index contributed by atoms with van der Waals surface area (Å²) in [7, 11) is 0. The van der Waals surface area contributed by atoms with Crippen molar-refractivity contribution in [2.45, 2.75) is 26.2 Å². The summed E-state index contributed by atoms with van der Waals surface area (Å²) in [6.45, 7) is -1.70. The Labute approximate surface area is 77.4 Å². The molecule has 1 nitrogen and oxygen atoms in total. The monoisotopic (exact) mass is 194 g/mol. The third-order valence-corrected chi connectivity index (χ3v) is 2.65. The van der Waals surface area contributed by atoms with Gasteiger partial charge in [0.15, 0.2) is 0 Å². The molecule has 1 aliphatic carbocycles. The van der Waals surface area contributed by atoms with Gasteiger partial charge in [-0.15, -0.1) is 0 Å². The summed E-state index contributed by atoms with van der Waals surface area (Å²) in [4.78, 5) is 1.52. The van der Waals surface area contributed by atoms with E-state index >= 15 is 0 Å². The van der Waals surface area contributed by atoms with Crippen molar-refractivity contribution >= 4 is 6.98 Å². The lowest BCUT2D eigenvalue weighted by atomic mass is 9.83. The first kappa shape index (κ1) is 10.9. The van der Waals surface area contributed by atoms with Crippen molar-refractivity contribution < 1.29 is 12.9 Å². The summed E-state index contributed by atoms with van der Waals surface area (Å²) in [6, 6.07) is 0. The molecular weight excluding hydrogens is 178 g/mol. The van der Waals surface area contributed by atoms with Crippen LogP contribution in [0.15, 0.2) is 0 Å². The van der Waals surface area contributed by atoms with E-state index in [4.69, 9.17) is 0 Å². The molecule has 0 aromatic rings. The maximum absolute atomic E-state index is 12.1. The van der Waals surface area contributed by atoms with Crippen LogP contribution in [-0.4, -0.2) is 31.4 Å². The van der Waals surface area contributed by atoms with Gasteiger partial charge in [-0.1, -0.05) is 13.3 Å². The van der Waals surface area contributed by atoms with Gasteiger partial charge < -0.3 is 17.8 Å². The van der Waals surface area contributed by atoms with Crippen molar-refractivity contribution in [1.82, 2.24) is 4.90 Å². The van der Waals surface area contributed by atoms with E-state index < -0.39 is 13.4 Å². The third-order valence-electron chi connectivity index (χ3n) is 2.65. The molecule has 0 N–H and O–H groups in total. The van der Waals surface area contributed by atoms with Gasteiger partial charge in [0.2, 0.25) is 0 Å².